The van der Waals surface area contributed by atoms with Crippen LogP contribution in [-0.2, 0) is 13.0 Å². The van der Waals surface area contributed by atoms with Gasteiger partial charge in [0.05, 0.1) is 18.5 Å². The Hall–Kier alpha value is -3.27. The van der Waals surface area contributed by atoms with Crippen molar-refractivity contribution in [3.63, 3.8) is 0 Å². The third-order valence-electron chi connectivity index (χ3n) is 4.18. The monoisotopic (exact) mass is 404 g/mol. The molecule has 2 aromatic heterocycles. The standard InChI is InChI=1S/C18H14F2N4O3S/c19-10-3-1-4-11(20)15(10)22-18(26)24-7-6-12-14(9-24)28-17(21-12)23-16(25)13-5-2-8-27-13/h1-5,8H,6-7,9H2,(H,22,26)(H,21,23,25). The fraction of sp³-hybridized carbons (Fsp3) is 0.167. The normalized spacial score (nSPS) is 13.1. The summed E-state index contributed by atoms with van der Waals surface area (Å²) in [5.41, 5.74) is 0.301. The van der Waals surface area contributed by atoms with Crippen LogP contribution < -0.4 is 10.6 Å². The Bertz CT molecular complexity index is 1020. The SMILES string of the molecule is O=C(Nc1nc2c(s1)CN(C(=O)Nc1c(F)cccc1F)CC2)c1ccco1. The summed E-state index contributed by atoms with van der Waals surface area (Å²) in [5, 5.41) is 5.33. The second kappa shape index (κ2) is 7.39. The predicted molar refractivity (Wildman–Crippen MR) is 98.3 cm³/mol. The molecule has 3 amide bonds. The first-order valence-electron chi connectivity index (χ1n) is 8.34. The molecule has 0 saturated heterocycles. The lowest BCUT2D eigenvalue weighted by atomic mass is 10.2. The molecule has 144 valence electrons. The number of nitrogens with one attached hydrogen (secondary N) is 2. The third kappa shape index (κ3) is 3.58. The fourth-order valence-electron chi connectivity index (χ4n) is 2.79. The number of nitrogens with zero attached hydrogens (tertiary/aromatic N) is 2. The van der Waals surface area contributed by atoms with Gasteiger partial charge in [-0.1, -0.05) is 17.4 Å². The number of hydrogen-bond acceptors (Lipinski definition) is 5. The zero-order chi connectivity index (χ0) is 19.7. The number of aromatic nitrogens is 1. The number of furan rings is 1. The molecule has 7 nitrogen and oxygen atoms in total. The van der Waals surface area contributed by atoms with E-state index in [0.717, 1.165) is 22.7 Å². The second-order valence-corrected chi connectivity index (χ2v) is 7.10. The topological polar surface area (TPSA) is 87.5 Å². The molecular formula is C18H14F2N4O3S. The minimum atomic E-state index is -0.841. The number of hydrogen-bond donors (Lipinski definition) is 2. The first-order chi connectivity index (χ1) is 13.5. The number of carbonyl (C=O) groups is 2. The van der Waals surface area contributed by atoms with Crippen molar-refractivity contribution >= 4 is 34.1 Å². The third-order valence-corrected chi connectivity index (χ3v) is 5.18. The minimum absolute atomic E-state index is 0.168. The number of amides is 3. The van der Waals surface area contributed by atoms with Gasteiger partial charge >= 0.3 is 6.03 Å². The van der Waals surface area contributed by atoms with Crippen LogP contribution in [0.15, 0.2) is 41.0 Å². The van der Waals surface area contributed by atoms with E-state index < -0.39 is 29.3 Å². The molecule has 2 N–H and O–H groups in total. The molecule has 28 heavy (non-hydrogen) atoms. The Balaban J connectivity index is 1.44. The molecular weight excluding hydrogens is 390 g/mol. The van der Waals surface area contributed by atoms with Gasteiger partial charge in [-0.15, -0.1) is 0 Å². The number of benzene rings is 1. The van der Waals surface area contributed by atoms with E-state index in [0.29, 0.717) is 18.1 Å². The maximum absolute atomic E-state index is 13.7. The van der Waals surface area contributed by atoms with Crippen molar-refractivity contribution in [2.45, 2.75) is 13.0 Å². The van der Waals surface area contributed by atoms with Gasteiger partial charge in [0.25, 0.3) is 5.91 Å². The van der Waals surface area contributed by atoms with Gasteiger partial charge in [0.2, 0.25) is 0 Å². The van der Waals surface area contributed by atoms with Crippen LogP contribution in [0.4, 0.5) is 24.4 Å². The number of rotatable bonds is 3. The Morgan fingerprint density at radius 3 is 2.64 bits per heavy atom. The summed E-state index contributed by atoms with van der Waals surface area (Å²) >= 11 is 1.24. The Labute approximate surface area is 162 Å². The molecule has 0 fully saturated rings. The zero-order valence-corrected chi connectivity index (χ0v) is 15.2. The summed E-state index contributed by atoms with van der Waals surface area (Å²) in [6.45, 7) is 0.565. The maximum atomic E-state index is 13.7. The van der Waals surface area contributed by atoms with E-state index in [2.05, 4.69) is 15.6 Å². The van der Waals surface area contributed by atoms with Crippen molar-refractivity contribution < 1.29 is 22.8 Å². The van der Waals surface area contributed by atoms with Gasteiger partial charge in [0.1, 0.15) is 17.3 Å². The molecule has 3 aromatic rings. The van der Waals surface area contributed by atoms with Crippen LogP contribution >= 0.6 is 11.3 Å². The van der Waals surface area contributed by atoms with Crippen molar-refractivity contribution in [1.29, 1.82) is 0 Å². The lowest BCUT2D eigenvalue weighted by molar-refractivity contribution is 0.0996. The van der Waals surface area contributed by atoms with Crippen molar-refractivity contribution in [2.75, 3.05) is 17.2 Å². The average Bonchev–Trinajstić information content (AvgIpc) is 3.33. The van der Waals surface area contributed by atoms with E-state index in [9.17, 15) is 18.4 Å². The summed E-state index contributed by atoms with van der Waals surface area (Å²) < 4.78 is 32.5. The summed E-state index contributed by atoms with van der Waals surface area (Å²) in [6, 6.07) is 5.91. The number of halogens is 2. The number of thiazole rings is 1. The van der Waals surface area contributed by atoms with Gasteiger partial charge in [-0.05, 0) is 24.3 Å². The largest absolute Gasteiger partial charge is 0.459 e. The number of anilines is 2. The first kappa shape index (κ1) is 18.1. The summed E-state index contributed by atoms with van der Waals surface area (Å²) in [4.78, 5) is 31.1. The van der Waals surface area contributed by atoms with Crippen LogP contribution in [0.25, 0.3) is 0 Å². The van der Waals surface area contributed by atoms with E-state index in [4.69, 9.17) is 4.42 Å². The fourth-order valence-corrected chi connectivity index (χ4v) is 3.81. The number of carbonyl (C=O) groups excluding carboxylic acids is 2. The Morgan fingerprint density at radius 1 is 1.14 bits per heavy atom. The van der Waals surface area contributed by atoms with Gasteiger partial charge in [-0.3, -0.25) is 10.1 Å². The van der Waals surface area contributed by atoms with E-state index in [1.165, 1.54) is 34.6 Å². The molecule has 0 atom stereocenters. The number of para-hydroxylation sites is 1. The van der Waals surface area contributed by atoms with Crippen LogP contribution in [0.5, 0.6) is 0 Å². The molecule has 1 aliphatic heterocycles. The number of urea groups is 1. The Kier molecular flexibility index (Phi) is 4.78. The molecule has 0 saturated carbocycles. The molecule has 1 aromatic carbocycles. The van der Waals surface area contributed by atoms with E-state index in [1.54, 1.807) is 6.07 Å². The van der Waals surface area contributed by atoms with Gasteiger partial charge in [-0.2, -0.15) is 0 Å². The molecule has 10 heteroatoms. The first-order valence-corrected chi connectivity index (χ1v) is 9.16. The molecule has 0 unspecified atom stereocenters. The smallest absolute Gasteiger partial charge is 0.322 e. The highest BCUT2D eigenvalue weighted by Crippen LogP contribution is 2.29. The maximum Gasteiger partial charge on any atom is 0.322 e. The number of fused-ring (bicyclic) bond motifs is 1. The van der Waals surface area contributed by atoms with Crippen LogP contribution in [0.3, 0.4) is 0 Å². The highest BCUT2D eigenvalue weighted by atomic mass is 32.1. The van der Waals surface area contributed by atoms with Crippen LogP contribution in [-0.4, -0.2) is 28.4 Å². The second-order valence-electron chi connectivity index (χ2n) is 6.02. The van der Waals surface area contributed by atoms with E-state index in [-0.39, 0.29) is 12.3 Å². The van der Waals surface area contributed by atoms with Crippen LogP contribution in [0.1, 0.15) is 21.1 Å². The zero-order valence-electron chi connectivity index (χ0n) is 14.4. The molecule has 4 rings (SSSR count). The average molecular weight is 404 g/mol. The molecule has 0 spiro atoms. The van der Waals surface area contributed by atoms with E-state index >= 15 is 0 Å². The van der Waals surface area contributed by atoms with Crippen molar-refractivity contribution in [3.8, 4) is 0 Å². The van der Waals surface area contributed by atoms with Gasteiger partial charge in [0, 0.05) is 17.8 Å². The lowest BCUT2D eigenvalue weighted by Crippen LogP contribution is -2.38. The molecule has 0 aliphatic carbocycles. The molecule has 0 bridgehead atoms. The van der Waals surface area contributed by atoms with Gasteiger partial charge in [-0.25, -0.2) is 18.6 Å². The summed E-state index contributed by atoms with van der Waals surface area (Å²) in [7, 11) is 0. The van der Waals surface area contributed by atoms with Crippen LogP contribution in [0.2, 0.25) is 0 Å². The summed E-state index contributed by atoms with van der Waals surface area (Å²) in [6.07, 6.45) is 1.87. The molecule has 1 aliphatic rings. The quantitative estimate of drug-likeness (QED) is 0.694. The lowest BCUT2D eigenvalue weighted by Gasteiger charge is -2.26. The van der Waals surface area contributed by atoms with E-state index in [1.807, 2.05) is 0 Å². The van der Waals surface area contributed by atoms with Gasteiger partial charge in [0.15, 0.2) is 10.9 Å². The van der Waals surface area contributed by atoms with Crippen molar-refractivity contribution in [2.24, 2.45) is 0 Å². The van der Waals surface area contributed by atoms with Crippen LogP contribution in [0, 0.1) is 11.6 Å². The molecule has 3 heterocycles. The highest BCUT2D eigenvalue weighted by molar-refractivity contribution is 7.15. The highest BCUT2D eigenvalue weighted by Gasteiger charge is 2.26. The van der Waals surface area contributed by atoms with Crippen molar-refractivity contribution in [1.82, 2.24) is 9.88 Å². The Morgan fingerprint density at radius 2 is 1.93 bits per heavy atom. The summed E-state index contributed by atoms with van der Waals surface area (Å²) in [5.74, 6) is -1.93. The van der Waals surface area contributed by atoms with Crippen molar-refractivity contribution in [3.05, 3.63) is 64.6 Å². The van der Waals surface area contributed by atoms with Gasteiger partial charge < -0.3 is 14.6 Å². The molecule has 0 radical (unpaired) electrons. The predicted octanol–water partition coefficient (Wildman–Crippen LogP) is 3.86. The minimum Gasteiger partial charge on any atom is -0.459 e.